The van der Waals surface area contributed by atoms with Crippen LogP contribution in [-0.2, 0) is 19.8 Å². The Morgan fingerprint density at radius 2 is 2.00 bits per heavy atom. The molecule has 28 heavy (non-hydrogen) atoms. The second-order valence-corrected chi connectivity index (χ2v) is 9.38. The van der Waals surface area contributed by atoms with Crippen LogP contribution in [0.4, 0.5) is 5.69 Å². The van der Waals surface area contributed by atoms with Gasteiger partial charge in [-0.05, 0) is 56.9 Å². The first kappa shape index (κ1) is 17.9. The maximum absolute atomic E-state index is 13.4. The van der Waals surface area contributed by atoms with Gasteiger partial charge < -0.3 is 15.1 Å². The second-order valence-electron chi connectivity index (χ2n) is 8.46. The molecular weight excluding hydrogens is 422 g/mol. The summed E-state index contributed by atoms with van der Waals surface area (Å²) in [6.07, 6.45) is 3.88. The molecule has 0 bridgehead atoms. The summed E-state index contributed by atoms with van der Waals surface area (Å²) in [5.41, 5.74) is 1.71. The van der Waals surface area contributed by atoms with Gasteiger partial charge in [-0.1, -0.05) is 27.6 Å². The van der Waals surface area contributed by atoms with E-state index in [9.17, 15) is 14.4 Å². The monoisotopic (exact) mass is 443 g/mol. The predicted octanol–water partition coefficient (Wildman–Crippen LogP) is 2.58. The molecule has 3 amide bonds. The number of benzene rings is 1. The molecule has 7 heteroatoms. The number of hydrogen-bond donors (Lipinski definition) is 1. The van der Waals surface area contributed by atoms with Crippen LogP contribution in [0.2, 0.25) is 0 Å². The number of hydrogen-bond acceptors (Lipinski definition) is 3. The number of amides is 3. The Hall–Kier alpha value is -2.15. The first-order chi connectivity index (χ1) is 13.3. The van der Waals surface area contributed by atoms with Crippen molar-refractivity contribution in [2.24, 2.45) is 0 Å². The van der Waals surface area contributed by atoms with Crippen molar-refractivity contribution >= 4 is 39.3 Å². The van der Waals surface area contributed by atoms with Crippen molar-refractivity contribution in [2.45, 2.75) is 56.7 Å². The van der Waals surface area contributed by atoms with E-state index in [1.807, 2.05) is 38.1 Å². The van der Waals surface area contributed by atoms with Crippen LogP contribution in [-0.4, -0.2) is 52.2 Å². The second kappa shape index (κ2) is 5.92. The van der Waals surface area contributed by atoms with Crippen molar-refractivity contribution in [1.82, 2.24) is 9.80 Å². The number of rotatable bonds is 1. The fourth-order valence-corrected chi connectivity index (χ4v) is 5.85. The molecule has 5 rings (SSSR count). The minimum absolute atomic E-state index is 0.0117. The smallest absolute Gasteiger partial charge is 0.246 e. The standard InChI is InChI=1S/C21H22BrN3O3/c1-11(2)8-17-21(13-9-12(22)5-6-14(13)23-20(21)28)10-16-18(26)24-7-3-4-15(24)19(27)25(16)17/h5-6,8-9,15-17H,3-4,7,10H2,1-2H3,(H,23,28)/t15-,16-,17-,21-/m0/s1. The van der Waals surface area contributed by atoms with Crippen LogP contribution in [0.25, 0.3) is 0 Å². The largest absolute Gasteiger partial charge is 0.329 e. The fraction of sp³-hybridized carbons (Fsp3) is 0.476. The van der Waals surface area contributed by atoms with Gasteiger partial charge in [-0.3, -0.25) is 14.4 Å². The lowest BCUT2D eigenvalue weighted by Gasteiger charge is -2.41. The van der Waals surface area contributed by atoms with Crippen LogP contribution in [0.5, 0.6) is 0 Å². The van der Waals surface area contributed by atoms with E-state index < -0.39 is 17.5 Å². The van der Waals surface area contributed by atoms with E-state index in [-0.39, 0.29) is 23.8 Å². The lowest BCUT2D eigenvalue weighted by molar-refractivity contribution is -0.158. The maximum Gasteiger partial charge on any atom is 0.246 e. The first-order valence-corrected chi connectivity index (χ1v) is 10.5. The fourth-order valence-electron chi connectivity index (χ4n) is 5.49. The highest BCUT2D eigenvalue weighted by molar-refractivity contribution is 9.10. The summed E-state index contributed by atoms with van der Waals surface area (Å²) >= 11 is 3.52. The van der Waals surface area contributed by atoms with Crippen LogP contribution in [0.3, 0.4) is 0 Å². The molecule has 0 aliphatic carbocycles. The molecule has 0 aromatic heterocycles. The Morgan fingerprint density at radius 1 is 1.21 bits per heavy atom. The topological polar surface area (TPSA) is 69.7 Å². The molecule has 3 fully saturated rings. The third-order valence-corrected chi connectivity index (χ3v) is 7.12. The normalized spacial score (nSPS) is 33.1. The Bertz CT molecular complexity index is 954. The highest BCUT2D eigenvalue weighted by Gasteiger charge is 2.66. The maximum atomic E-state index is 13.4. The van der Waals surface area contributed by atoms with Crippen LogP contribution >= 0.6 is 15.9 Å². The van der Waals surface area contributed by atoms with Gasteiger partial charge >= 0.3 is 0 Å². The van der Waals surface area contributed by atoms with E-state index in [0.717, 1.165) is 27.7 Å². The van der Waals surface area contributed by atoms with Gasteiger partial charge in [0.2, 0.25) is 17.7 Å². The lowest BCUT2D eigenvalue weighted by Crippen LogP contribution is -2.62. The van der Waals surface area contributed by atoms with Crippen molar-refractivity contribution < 1.29 is 14.4 Å². The van der Waals surface area contributed by atoms with Gasteiger partial charge in [0.25, 0.3) is 0 Å². The van der Waals surface area contributed by atoms with Crippen molar-refractivity contribution in [3.05, 3.63) is 39.9 Å². The molecule has 1 aromatic carbocycles. The van der Waals surface area contributed by atoms with Gasteiger partial charge in [0, 0.05) is 16.7 Å². The molecular formula is C21H22BrN3O3. The Balaban J connectivity index is 1.71. The molecule has 1 spiro atoms. The van der Waals surface area contributed by atoms with E-state index >= 15 is 0 Å². The highest BCUT2D eigenvalue weighted by Crippen LogP contribution is 2.53. The third-order valence-electron chi connectivity index (χ3n) is 6.62. The Morgan fingerprint density at radius 3 is 2.75 bits per heavy atom. The molecule has 146 valence electrons. The zero-order valence-corrected chi connectivity index (χ0v) is 17.5. The van der Waals surface area contributed by atoms with Gasteiger partial charge in [-0.15, -0.1) is 0 Å². The molecule has 0 saturated carbocycles. The summed E-state index contributed by atoms with van der Waals surface area (Å²) in [5, 5.41) is 3.00. The number of carbonyl (C=O) groups excluding carboxylic acids is 3. The number of fused-ring (bicyclic) bond motifs is 4. The summed E-state index contributed by atoms with van der Waals surface area (Å²) in [4.78, 5) is 43.5. The van der Waals surface area contributed by atoms with E-state index in [1.54, 1.807) is 9.80 Å². The van der Waals surface area contributed by atoms with E-state index in [4.69, 9.17) is 0 Å². The molecule has 4 heterocycles. The number of carbonyl (C=O) groups is 3. The predicted molar refractivity (Wildman–Crippen MR) is 108 cm³/mol. The van der Waals surface area contributed by atoms with Gasteiger partial charge in [0.1, 0.15) is 17.5 Å². The molecule has 3 saturated heterocycles. The molecule has 0 radical (unpaired) electrons. The molecule has 6 nitrogen and oxygen atoms in total. The quantitative estimate of drug-likeness (QED) is 0.678. The number of piperazine rings is 1. The van der Waals surface area contributed by atoms with Crippen molar-refractivity contribution in [2.75, 3.05) is 11.9 Å². The van der Waals surface area contributed by atoms with E-state index in [2.05, 4.69) is 21.2 Å². The average Bonchev–Trinajstić information content (AvgIpc) is 3.31. The molecule has 4 aliphatic heterocycles. The van der Waals surface area contributed by atoms with E-state index in [1.165, 1.54) is 0 Å². The number of halogens is 1. The van der Waals surface area contributed by atoms with Crippen LogP contribution in [0.15, 0.2) is 34.3 Å². The minimum Gasteiger partial charge on any atom is -0.329 e. The third kappa shape index (κ3) is 2.16. The average molecular weight is 444 g/mol. The summed E-state index contributed by atoms with van der Waals surface area (Å²) in [7, 11) is 0. The molecule has 4 atom stereocenters. The zero-order chi connectivity index (χ0) is 19.8. The zero-order valence-electron chi connectivity index (χ0n) is 15.9. The van der Waals surface area contributed by atoms with Crippen molar-refractivity contribution in [3.8, 4) is 0 Å². The van der Waals surface area contributed by atoms with Gasteiger partial charge in [-0.2, -0.15) is 0 Å². The highest BCUT2D eigenvalue weighted by atomic mass is 79.9. The molecule has 1 N–H and O–H groups in total. The summed E-state index contributed by atoms with van der Waals surface area (Å²) < 4.78 is 0.876. The van der Waals surface area contributed by atoms with Crippen LogP contribution in [0.1, 0.15) is 38.7 Å². The van der Waals surface area contributed by atoms with Crippen LogP contribution in [0, 0.1) is 0 Å². The lowest BCUT2D eigenvalue weighted by atomic mass is 9.73. The van der Waals surface area contributed by atoms with E-state index in [0.29, 0.717) is 19.4 Å². The number of allylic oxidation sites excluding steroid dienone is 1. The van der Waals surface area contributed by atoms with Gasteiger partial charge in [-0.25, -0.2) is 0 Å². The molecule has 4 aliphatic rings. The van der Waals surface area contributed by atoms with Crippen molar-refractivity contribution in [3.63, 3.8) is 0 Å². The summed E-state index contributed by atoms with van der Waals surface area (Å²) in [5.74, 6) is -0.154. The Kier molecular flexibility index (Phi) is 3.79. The SMILES string of the molecule is CC(C)=C[C@@H]1N2C(=O)[C@@H]3CCCN3C(=O)[C@@H]2C[C@@]12C(=O)Nc1ccc(Br)cc12. The van der Waals surface area contributed by atoms with Gasteiger partial charge in [0.15, 0.2) is 0 Å². The number of nitrogens with zero attached hydrogens (tertiary/aromatic N) is 2. The van der Waals surface area contributed by atoms with Crippen LogP contribution < -0.4 is 5.32 Å². The number of anilines is 1. The minimum atomic E-state index is -0.938. The summed E-state index contributed by atoms with van der Waals surface area (Å²) in [6, 6.07) is 4.30. The number of nitrogens with one attached hydrogen (secondary N) is 1. The summed E-state index contributed by atoms with van der Waals surface area (Å²) in [6.45, 7) is 4.57. The molecule has 0 unspecified atom stereocenters. The Labute approximate surface area is 172 Å². The molecule has 1 aromatic rings. The van der Waals surface area contributed by atoms with Crippen molar-refractivity contribution in [1.29, 1.82) is 0 Å². The van der Waals surface area contributed by atoms with Gasteiger partial charge in [0.05, 0.1) is 6.04 Å². The first-order valence-electron chi connectivity index (χ1n) is 9.74.